The Kier molecular flexibility index (Phi) is 3.89. The minimum absolute atomic E-state index is 0.0442. The molecule has 2 amide bonds. The van der Waals surface area contributed by atoms with Crippen molar-refractivity contribution in [3.8, 4) is 0 Å². The molecule has 1 aliphatic rings. The molecule has 1 aromatic carbocycles. The van der Waals surface area contributed by atoms with Crippen LogP contribution in [0, 0.1) is 29.2 Å². The third kappa shape index (κ3) is 2.57. The van der Waals surface area contributed by atoms with Gasteiger partial charge in [0.15, 0.2) is 23.3 Å². The molecule has 0 aromatic heterocycles. The Labute approximate surface area is 117 Å². The van der Waals surface area contributed by atoms with Gasteiger partial charge in [-0.05, 0) is 5.92 Å². The number of halogens is 4. The third-order valence-corrected chi connectivity index (χ3v) is 3.18. The largest absolute Gasteiger partial charge is 0.342 e. The summed E-state index contributed by atoms with van der Waals surface area (Å²) in [5.41, 5.74) is -1.18. The molecule has 0 radical (unpaired) electrons. The van der Waals surface area contributed by atoms with Gasteiger partial charge >= 0.3 is 0 Å². The Morgan fingerprint density at radius 2 is 1.67 bits per heavy atom. The second-order valence-corrected chi connectivity index (χ2v) is 5.03. The van der Waals surface area contributed by atoms with Gasteiger partial charge in [-0.15, -0.1) is 0 Å². The second kappa shape index (κ2) is 5.34. The summed E-state index contributed by atoms with van der Waals surface area (Å²) in [6.07, 6.45) is 0. The first-order chi connectivity index (χ1) is 9.73. The van der Waals surface area contributed by atoms with Gasteiger partial charge in [-0.25, -0.2) is 17.6 Å². The summed E-state index contributed by atoms with van der Waals surface area (Å²) >= 11 is 0. The Morgan fingerprint density at radius 3 is 2.14 bits per heavy atom. The van der Waals surface area contributed by atoms with Crippen molar-refractivity contribution in [2.24, 2.45) is 5.92 Å². The van der Waals surface area contributed by atoms with Crippen LogP contribution in [0.25, 0.3) is 0 Å². The number of carbonyl (C=O) groups excluding carboxylic acids is 2. The minimum Gasteiger partial charge on any atom is -0.342 e. The third-order valence-electron chi connectivity index (χ3n) is 3.18. The number of hydrogen-bond acceptors (Lipinski definition) is 2. The molecule has 1 unspecified atom stereocenters. The van der Waals surface area contributed by atoms with Gasteiger partial charge < -0.3 is 5.32 Å². The monoisotopic (exact) mass is 304 g/mol. The van der Waals surface area contributed by atoms with E-state index in [2.05, 4.69) is 5.32 Å². The quantitative estimate of drug-likeness (QED) is 0.668. The minimum atomic E-state index is -1.71. The summed E-state index contributed by atoms with van der Waals surface area (Å²) in [6, 6.07) is -0.973. The van der Waals surface area contributed by atoms with Crippen LogP contribution < -0.4 is 10.2 Å². The molecule has 21 heavy (non-hydrogen) atoms. The Morgan fingerprint density at radius 1 is 1.14 bits per heavy atom. The maximum Gasteiger partial charge on any atom is 0.250 e. The van der Waals surface area contributed by atoms with E-state index in [0.717, 1.165) is 0 Å². The van der Waals surface area contributed by atoms with E-state index >= 15 is 0 Å². The van der Waals surface area contributed by atoms with E-state index in [1.54, 1.807) is 13.8 Å². The van der Waals surface area contributed by atoms with Crippen molar-refractivity contribution >= 4 is 17.5 Å². The fraction of sp³-hybridized carbons (Fsp3) is 0.385. The van der Waals surface area contributed by atoms with E-state index in [9.17, 15) is 27.2 Å². The lowest BCUT2D eigenvalue weighted by Crippen LogP contribution is -2.60. The summed E-state index contributed by atoms with van der Waals surface area (Å²) in [5.74, 6) is -8.54. The molecule has 1 saturated heterocycles. The smallest absolute Gasteiger partial charge is 0.250 e. The molecule has 0 aliphatic carbocycles. The highest BCUT2D eigenvalue weighted by Crippen LogP contribution is 2.29. The van der Waals surface area contributed by atoms with Crippen molar-refractivity contribution in [1.82, 2.24) is 5.32 Å². The van der Waals surface area contributed by atoms with Crippen LogP contribution in [0.1, 0.15) is 13.8 Å². The molecule has 0 saturated carbocycles. The highest BCUT2D eigenvalue weighted by atomic mass is 19.2. The van der Waals surface area contributed by atoms with Gasteiger partial charge in [-0.3, -0.25) is 14.5 Å². The maximum absolute atomic E-state index is 13.7. The Balaban J connectivity index is 2.55. The zero-order valence-corrected chi connectivity index (χ0v) is 11.2. The van der Waals surface area contributed by atoms with Crippen LogP contribution in [0.5, 0.6) is 0 Å². The topological polar surface area (TPSA) is 49.4 Å². The summed E-state index contributed by atoms with van der Waals surface area (Å²) in [7, 11) is 0. The van der Waals surface area contributed by atoms with E-state index in [1.807, 2.05) is 0 Å². The summed E-state index contributed by atoms with van der Waals surface area (Å²) in [6.45, 7) is 2.52. The fourth-order valence-electron chi connectivity index (χ4n) is 2.11. The second-order valence-electron chi connectivity index (χ2n) is 5.03. The first-order valence-electron chi connectivity index (χ1n) is 6.17. The molecule has 8 heteroatoms. The van der Waals surface area contributed by atoms with Crippen LogP contribution in [0.4, 0.5) is 23.2 Å². The normalized spacial score (nSPS) is 19.2. The molecule has 1 fully saturated rings. The lowest BCUT2D eigenvalue weighted by Gasteiger charge is -2.34. The van der Waals surface area contributed by atoms with Crippen molar-refractivity contribution < 1.29 is 27.2 Å². The van der Waals surface area contributed by atoms with E-state index in [-0.39, 0.29) is 12.0 Å². The summed E-state index contributed by atoms with van der Waals surface area (Å²) in [5, 5.41) is 2.37. The average Bonchev–Trinajstić information content (AvgIpc) is 2.40. The first-order valence-corrected chi connectivity index (χ1v) is 6.17. The van der Waals surface area contributed by atoms with E-state index in [1.165, 1.54) is 0 Å². The number of benzene rings is 1. The van der Waals surface area contributed by atoms with Crippen molar-refractivity contribution in [3.63, 3.8) is 0 Å². The molecular formula is C13H12F4N2O2. The fourth-order valence-corrected chi connectivity index (χ4v) is 2.11. The Bertz CT molecular complexity index is 592. The molecule has 1 heterocycles. The van der Waals surface area contributed by atoms with Crippen LogP contribution in [0.15, 0.2) is 6.07 Å². The van der Waals surface area contributed by atoms with Crippen molar-refractivity contribution in [1.29, 1.82) is 0 Å². The zero-order chi connectivity index (χ0) is 15.9. The molecule has 1 atom stereocenters. The van der Waals surface area contributed by atoms with Crippen molar-refractivity contribution in [2.75, 3.05) is 11.4 Å². The Hall–Kier alpha value is -2.12. The summed E-state index contributed by atoms with van der Waals surface area (Å²) in [4.78, 5) is 24.2. The number of nitrogens with one attached hydrogen (secondary N) is 1. The van der Waals surface area contributed by atoms with Gasteiger partial charge in [0.05, 0.1) is 0 Å². The average molecular weight is 304 g/mol. The van der Waals surface area contributed by atoms with Gasteiger partial charge in [0.2, 0.25) is 11.8 Å². The number of anilines is 1. The SMILES string of the molecule is CC(C)C1NC(=O)CN(c2c(F)c(F)cc(F)c2F)C1=O. The standard InChI is InChI=1S/C13H12F4N2O2/c1-5(2)11-13(21)19(4-8(20)18-11)12-9(16)6(14)3-7(15)10(12)17/h3,5,11H,4H2,1-2H3,(H,18,20). The number of amides is 2. The molecule has 2 rings (SSSR count). The number of piperazine rings is 1. The van der Waals surface area contributed by atoms with Crippen LogP contribution >= 0.6 is 0 Å². The van der Waals surface area contributed by atoms with Gasteiger partial charge in [-0.1, -0.05) is 13.8 Å². The van der Waals surface area contributed by atoms with Gasteiger partial charge in [0.25, 0.3) is 0 Å². The molecule has 0 spiro atoms. The highest BCUT2D eigenvalue weighted by Gasteiger charge is 2.38. The molecular weight excluding hydrogens is 292 g/mol. The van der Waals surface area contributed by atoms with Crippen molar-refractivity contribution in [2.45, 2.75) is 19.9 Å². The lowest BCUT2D eigenvalue weighted by atomic mass is 10.00. The maximum atomic E-state index is 13.7. The first kappa shape index (κ1) is 15.3. The van der Waals surface area contributed by atoms with E-state index < -0.39 is 53.4 Å². The number of nitrogens with zero attached hydrogens (tertiary/aromatic N) is 1. The highest BCUT2D eigenvalue weighted by molar-refractivity contribution is 6.06. The van der Waals surface area contributed by atoms with Gasteiger partial charge in [0.1, 0.15) is 18.3 Å². The van der Waals surface area contributed by atoms with Crippen LogP contribution in [0.3, 0.4) is 0 Å². The lowest BCUT2D eigenvalue weighted by molar-refractivity contribution is -0.132. The number of rotatable bonds is 2. The molecule has 1 aromatic rings. The van der Waals surface area contributed by atoms with Gasteiger partial charge in [-0.2, -0.15) is 0 Å². The predicted molar refractivity (Wildman–Crippen MR) is 65.4 cm³/mol. The molecule has 4 nitrogen and oxygen atoms in total. The zero-order valence-electron chi connectivity index (χ0n) is 11.2. The van der Waals surface area contributed by atoms with Crippen molar-refractivity contribution in [3.05, 3.63) is 29.3 Å². The number of hydrogen-bond donors (Lipinski definition) is 1. The predicted octanol–water partition coefficient (Wildman–Crippen LogP) is 1.73. The van der Waals surface area contributed by atoms with E-state index in [4.69, 9.17) is 0 Å². The molecule has 1 N–H and O–H groups in total. The molecule has 0 bridgehead atoms. The summed E-state index contributed by atoms with van der Waals surface area (Å²) < 4.78 is 54.0. The van der Waals surface area contributed by atoms with Crippen LogP contribution in [-0.2, 0) is 9.59 Å². The number of carbonyl (C=O) groups is 2. The van der Waals surface area contributed by atoms with Crippen LogP contribution in [-0.4, -0.2) is 24.4 Å². The molecule has 1 aliphatic heterocycles. The van der Waals surface area contributed by atoms with E-state index in [0.29, 0.717) is 4.90 Å². The molecule has 114 valence electrons. The van der Waals surface area contributed by atoms with Gasteiger partial charge in [0, 0.05) is 6.07 Å². The van der Waals surface area contributed by atoms with Crippen LogP contribution in [0.2, 0.25) is 0 Å².